The van der Waals surface area contributed by atoms with Crippen LogP contribution in [0.25, 0.3) is 11.5 Å². The molecule has 1 fully saturated rings. The first-order valence-corrected chi connectivity index (χ1v) is 7.00. The molecule has 8 heteroatoms. The van der Waals surface area contributed by atoms with E-state index < -0.39 is 0 Å². The number of aryl methyl sites for hydroxylation is 1. The first-order chi connectivity index (χ1) is 10.3. The van der Waals surface area contributed by atoms with E-state index in [0.717, 1.165) is 26.2 Å². The Balaban J connectivity index is 1.63. The van der Waals surface area contributed by atoms with Gasteiger partial charge in [-0.1, -0.05) is 6.07 Å². The standard InChI is InChI=1S/C13H17N7O/c21-12(19-9-6-14-7-10-19)4-8-20-13(16-17-18-20)11-3-1-2-5-15-11/h1-3,5,14H,4,6-10H2. The number of carbonyl (C=O) groups excluding carboxylic acids is 1. The van der Waals surface area contributed by atoms with Crippen molar-refractivity contribution in [3.05, 3.63) is 24.4 Å². The van der Waals surface area contributed by atoms with Crippen molar-refractivity contribution in [1.82, 2.24) is 35.4 Å². The Morgan fingerprint density at radius 1 is 1.29 bits per heavy atom. The highest BCUT2D eigenvalue weighted by atomic mass is 16.2. The molecule has 0 unspecified atom stereocenters. The fourth-order valence-corrected chi connectivity index (χ4v) is 2.31. The molecule has 0 aromatic carbocycles. The maximum absolute atomic E-state index is 12.1. The van der Waals surface area contributed by atoms with Gasteiger partial charge in [-0.2, -0.15) is 0 Å². The molecule has 2 aromatic heterocycles. The maximum Gasteiger partial charge on any atom is 0.224 e. The van der Waals surface area contributed by atoms with Crippen molar-refractivity contribution in [1.29, 1.82) is 0 Å². The van der Waals surface area contributed by atoms with Gasteiger partial charge in [0.2, 0.25) is 11.7 Å². The Bertz CT molecular complexity index is 592. The molecule has 1 N–H and O–H groups in total. The van der Waals surface area contributed by atoms with Crippen LogP contribution < -0.4 is 5.32 Å². The van der Waals surface area contributed by atoms with E-state index in [0.29, 0.717) is 24.5 Å². The van der Waals surface area contributed by atoms with Gasteiger partial charge in [0.15, 0.2) is 0 Å². The minimum absolute atomic E-state index is 0.138. The zero-order valence-corrected chi connectivity index (χ0v) is 11.6. The van der Waals surface area contributed by atoms with Crippen LogP contribution in [0.5, 0.6) is 0 Å². The smallest absolute Gasteiger partial charge is 0.224 e. The molecule has 0 bridgehead atoms. The second kappa shape index (κ2) is 6.40. The van der Waals surface area contributed by atoms with Gasteiger partial charge in [-0.05, 0) is 22.6 Å². The van der Waals surface area contributed by atoms with E-state index in [4.69, 9.17) is 0 Å². The molecule has 3 heterocycles. The van der Waals surface area contributed by atoms with Crippen molar-refractivity contribution in [2.24, 2.45) is 0 Å². The molecule has 0 aliphatic carbocycles. The third-order valence-corrected chi connectivity index (χ3v) is 3.43. The zero-order valence-electron chi connectivity index (χ0n) is 11.6. The Labute approximate surface area is 122 Å². The summed E-state index contributed by atoms with van der Waals surface area (Å²) in [5, 5.41) is 14.8. The van der Waals surface area contributed by atoms with Crippen LogP contribution in [-0.4, -0.2) is 62.2 Å². The second-order valence-electron chi connectivity index (χ2n) is 4.82. The quantitative estimate of drug-likeness (QED) is 0.820. The van der Waals surface area contributed by atoms with Gasteiger partial charge in [-0.25, -0.2) is 4.68 Å². The molecule has 0 atom stereocenters. The zero-order chi connectivity index (χ0) is 14.5. The molecule has 0 saturated carbocycles. The van der Waals surface area contributed by atoms with Crippen LogP contribution in [0.4, 0.5) is 0 Å². The number of pyridine rings is 1. The van der Waals surface area contributed by atoms with E-state index in [1.807, 2.05) is 23.1 Å². The third kappa shape index (κ3) is 3.22. The fraction of sp³-hybridized carbons (Fsp3) is 0.462. The highest BCUT2D eigenvalue weighted by Crippen LogP contribution is 2.12. The van der Waals surface area contributed by atoms with E-state index in [1.165, 1.54) is 0 Å². The van der Waals surface area contributed by atoms with Gasteiger partial charge in [0.25, 0.3) is 0 Å². The number of hydrogen-bond acceptors (Lipinski definition) is 6. The van der Waals surface area contributed by atoms with Crippen molar-refractivity contribution in [2.45, 2.75) is 13.0 Å². The summed E-state index contributed by atoms with van der Waals surface area (Å²) in [6.07, 6.45) is 2.09. The largest absolute Gasteiger partial charge is 0.340 e. The molecule has 1 saturated heterocycles. The van der Waals surface area contributed by atoms with Gasteiger partial charge >= 0.3 is 0 Å². The topological polar surface area (TPSA) is 88.8 Å². The summed E-state index contributed by atoms with van der Waals surface area (Å²) < 4.78 is 1.63. The summed E-state index contributed by atoms with van der Waals surface area (Å²) in [4.78, 5) is 18.2. The first-order valence-electron chi connectivity index (χ1n) is 7.00. The Hall–Kier alpha value is -2.35. The molecule has 0 radical (unpaired) electrons. The minimum atomic E-state index is 0.138. The van der Waals surface area contributed by atoms with Crippen LogP contribution in [0.3, 0.4) is 0 Å². The monoisotopic (exact) mass is 287 g/mol. The van der Waals surface area contributed by atoms with E-state index in [9.17, 15) is 4.79 Å². The number of nitrogens with one attached hydrogen (secondary N) is 1. The first kappa shape index (κ1) is 13.6. The minimum Gasteiger partial charge on any atom is -0.340 e. The van der Waals surface area contributed by atoms with Gasteiger partial charge in [-0.3, -0.25) is 9.78 Å². The van der Waals surface area contributed by atoms with Gasteiger partial charge < -0.3 is 10.2 Å². The number of hydrogen-bond donors (Lipinski definition) is 1. The van der Waals surface area contributed by atoms with Crippen LogP contribution in [0.15, 0.2) is 24.4 Å². The van der Waals surface area contributed by atoms with Gasteiger partial charge in [0.1, 0.15) is 5.69 Å². The van der Waals surface area contributed by atoms with Crippen LogP contribution in [0.1, 0.15) is 6.42 Å². The van der Waals surface area contributed by atoms with Crippen LogP contribution in [0, 0.1) is 0 Å². The lowest BCUT2D eigenvalue weighted by Crippen LogP contribution is -2.46. The molecule has 0 spiro atoms. The van der Waals surface area contributed by atoms with Crippen molar-refractivity contribution < 1.29 is 4.79 Å². The van der Waals surface area contributed by atoms with Gasteiger partial charge in [0, 0.05) is 38.8 Å². The predicted molar refractivity (Wildman–Crippen MR) is 75.1 cm³/mol. The Morgan fingerprint density at radius 3 is 2.90 bits per heavy atom. The van der Waals surface area contributed by atoms with Crippen molar-refractivity contribution in [3.63, 3.8) is 0 Å². The summed E-state index contributed by atoms with van der Waals surface area (Å²) >= 11 is 0. The number of rotatable bonds is 4. The molecule has 3 rings (SSSR count). The van der Waals surface area contributed by atoms with Gasteiger partial charge in [-0.15, -0.1) is 5.10 Å². The van der Waals surface area contributed by atoms with E-state index >= 15 is 0 Å². The van der Waals surface area contributed by atoms with E-state index in [2.05, 4.69) is 25.8 Å². The summed E-state index contributed by atoms with van der Waals surface area (Å²) in [6, 6.07) is 5.57. The highest BCUT2D eigenvalue weighted by molar-refractivity contribution is 5.76. The van der Waals surface area contributed by atoms with Crippen molar-refractivity contribution in [2.75, 3.05) is 26.2 Å². The lowest BCUT2D eigenvalue weighted by Gasteiger charge is -2.27. The highest BCUT2D eigenvalue weighted by Gasteiger charge is 2.17. The predicted octanol–water partition coefficient (Wildman–Crippen LogP) is -0.443. The molecule has 110 valence electrons. The number of piperazine rings is 1. The van der Waals surface area contributed by atoms with Gasteiger partial charge in [0.05, 0.1) is 6.54 Å². The average molecular weight is 287 g/mol. The molecular weight excluding hydrogens is 270 g/mol. The fourth-order valence-electron chi connectivity index (χ4n) is 2.31. The summed E-state index contributed by atoms with van der Waals surface area (Å²) in [5.74, 6) is 0.725. The van der Waals surface area contributed by atoms with Crippen molar-refractivity contribution >= 4 is 5.91 Å². The molecule has 1 amide bonds. The lowest BCUT2D eigenvalue weighted by atomic mass is 10.3. The Morgan fingerprint density at radius 2 is 2.14 bits per heavy atom. The van der Waals surface area contributed by atoms with Crippen molar-refractivity contribution in [3.8, 4) is 11.5 Å². The van der Waals surface area contributed by atoms with Crippen LogP contribution in [-0.2, 0) is 11.3 Å². The molecule has 2 aromatic rings. The van der Waals surface area contributed by atoms with Crippen LogP contribution in [0.2, 0.25) is 0 Å². The number of carbonyl (C=O) groups is 1. The maximum atomic E-state index is 12.1. The number of aromatic nitrogens is 5. The molecule has 8 nitrogen and oxygen atoms in total. The van der Waals surface area contributed by atoms with E-state index in [-0.39, 0.29) is 5.91 Å². The second-order valence-corrected chi connectivity index (χ2v) is 4.82. The molecule has 21 heavy (non-hydrogen) atoms. The molecule has 1 aliphatic heterocycles. The van der Waals surface area contributed by atoms with E-state index in [1.54, 1.807) is 10.9 Å². The molecule has 1 aliphatic rings. The summed E-state index contributed by atoms with van der Waals surface area (Å²) in [6.45, 7) is 3.70. The summed E-state index contributed by atoms with van der Waals surface area (Å²) in [7, 11) is 0. The third-order valence-electron chi connectivity index (χ3n) is 3.43. The SMILES string of the molecule is O=C(CCn1nnnc1-c1ccccn1)N1CCNCC1. The molecular formula is C13H17N7O. The van der Waals surface area contributed by atoms with Crippen LogP contribution >= 0.6 is 0 Å². The number of tetrazole rings is 1. The Kier molecular flexibility index (Phi) is 4.15. The number of nitrogens with zero attached hydrogens (tertiary/aromatic N) is 6. The normalized spacial score (nSPS) is 15.1. The summed E-state index contributed by atoms with van der Waals surface area (Å²) in [5.41, 5.74) is 0.706. The number of amides is 1. The average Bonchev–Trinajstić information content (AvgIpc) is 3.03. The lowest BCUT2D eigenvalue weighted by molar-refractivity contribution is -0.132.